The van der Waals surface area contributed by atoms with E-state index in [9.17, 15) is 4.79 Å². The van der Waals surface area contributed by atoms with Crippen molar-refractivity contribution < 1.29 is 4.79 Å². The highest BCUT2D eigenvalue weighted by Crippen LogP contribution is 2.27. The summed E-state index contributed by atoms with van der Waals surface area (Å²) in [6.45, 7) is 1.85. The van der Waals surface area contributed by atoms with E-state index in [0.717, 1.165) is 32.1 Å². The van der Waals surface area contributed by atoms with Gasteiger partial charge in [-0.15, -0.1) is 0 Å². The van der Waals surface area contributed by atoms with E-state index in [1.807, 2.05) is 55.5 Å². The van der Waals surface area contributed by atoms with Crippen LogP contribution in [0.2, 0.25) is 5.02 Å². The number of hydrazone groups is 1. The number of nitrogens with zero attached hydrogens (tertiary/aromatic N) is 1. The highest BCUT2D eigenvalue weighted by molar-refractivity contribution is 9.10. The molecule has 126 valence electrons. The first-order chi connectivity index (χ1) is 12.0. The van der Waals surface area contributed by atoms with Gasteiger partial charge in [-0.1, -0.05) is 70.0 Å². The van der Waals surface area contributed by atoms with Crippen molar-refractivity contribution in [1.82, 2.24) is 5.43 Å². The molecule has 0 aliphatic rings. The zero-order chi connectivity index (χ0) is 17.8. The Morgan fingerprint density at radius 1 is 1.04 bits per heavy atom. The van der Waals surface area contributed by atoms with Crippen molar-refractivity contribution in [3.63, 3.8) is 0 Å². The smallest absolute Gasteiger partial charge is 0.244 e. The third-order valence-corrected chi connectivity index (χ3v) is 4.87. The molecule has 0 fully saturated rings. The predicted molar refractivity (Wildman–Crippen MR) is 107 cm³/mol. The van der Waals surface area contributed by atoms with E-state index in [1.54, 1.807) is 12.1 Å². The van der Waals surface area contributed by atoms with Crippen LogP contribution in [0, 0.1) is 0 Å². The molecule has 0 heterocycles. The molecule has 0 atom stereocenters. The van der Waals surface area contributed by atoms with Gasteiger partial charge in [-0.3, -0.25) is 4.79 Å². The third-order valence-electron chi connectivity index (χ3n) is 3.92. The Hall–Kier alpha value is -2.17. The zero-order valence-corrected chi connectivity index (χ0v) is 15.9. The number of nitrogens with one attached hydrogen (secondary N) is 1. The number of fused-ring (bicyclic) bond motifs is 1. The van der Waals surface area contributed by atoms with Gasteiger partial charge in [0.1, 0.15) is 0 Å². The zero-order valence-electron chi connectivity index (χ0n) is 13.6. The van der Waals surface area contributed by atoms with Crippen LogP contribution in [0.3, 0.4) is 0 Å². The van der Waals surface area contributed by atoms with Crippen molar-refractivity contribution in [2.45, 2.75) is 13.3 Å². The highest BCUT2D eigenvalue weighted by atomic mass is 79.9. The fourth-order valence-corrected chi connectivity index (χ4v) is 3.20. The molecule has 3 aromatic carbocycles. The summed E-state index contributed by atoms with van der Waals surface area (Å²) >= 11 is 9.43. The van der Waals surface area contributed by atoms with Gasteiger partial charge in [0.2, 0.25) is 5.91 Å². The van der Waals surface area contributed by atoms with Crippen LogP contribution >= 0.6 is 27.5 Å². The van der Waals surface area contributed by atoms with Gasteiger partial charge in [0.25, 0.3) is 0 Å². The van der Waals surface area contributed by atoms with Crippen molar-refractivity contribution >= 4 is 49.9 Å². The number of hydrogen-bond donors (Lipinski definition) is 1. The average Bonchev–Trinajstić information content (AvgIpc) is 2.63. The topological polar surface area (TPSA) is 41.5 Å². The molecule has 0 unspecified atom stereocenters. The lowest BCUT2D eigenvalue weighted by Gasteiger charge is -2.08. The fraction of sp³-hybridized carbons (Fsp3) is 0.100. The van der Waals surface area contributed by atoms with E-state index in [2.05, 4.69) is 26.5 Å². The van der Waals surface area contributed by atoms with Crippen molar-refractivity contribution in [2.24, 2.45) is 5.10 Å². The van der Waals surface area contributed by atoms with Crippen LogP contribution in [0.1, 0.15) is 18.1 Å². The summed E-state index contributed by atoms with van der Waals surface area (Å²) in [5.41, 5.74) is 5.24. The second-order valence-electron chi connectivity index (χ2n) is 5.67. The SMILES string of the molecule is C/C(=N\NC(=O)Cc1ccc(Br)c2ccccc12)c1ccc(Cl)cc1. The molecule has 25 heavy (non-hydrogen) atoms. The Balaban J connectivity index is 1.74. The molecule has 3 aromatic rings. The largest absolute Gasteiger partial charge is 0.273 e. The van der Waals surface area contributed by atoms with Crippen molar-refractivity contribution in [3.05, 3.63) is 81.3 Å². The summed E-state index contributed by atoms with van der Waals surface area (Å²) in [5, 5.41) is 7.00. The number of benzene rings is 3. The molecule has 3 nitrogen and oxygen atoms in total. The molecule has 3 rings (SSSR count). The highest BCUT2D eigenvalue weighted by Gasteiger charge is 2.08. The van der Waals surface area contributed by atoms with E-state index in [1.165, 1.54) is 0 Å². The van der Waals surface area contributed by atoms with E-state index in [0.29, 0.717) is 5.02 Å². The Bertz CT molecular complexity index is 952. The lowest BCUT2D eigenvalue weighted by Crippen LogP contribution is -2.21. The van der Waals surface area contributed by atoms with Gasteiger partial charge >= 0.3 is 0 Å². The van der Waals surface area contributed by atoms with Gasteiger partial charge in [0, 0.05) is 9.50 Å². The van der Waals surface area contributed by atoms with Crippen molar-refractivity contribution in [2.75, 3.05) is 0 Å². The first kappa shape index (κ1) is 17.6. The minimum Gasteiger partial charge on any atom is -0.273 e. The molecule has 0 aliphatic heterocycles. The first-order valence-corrected chi connectivity index (χ1v) is 8.97. The Morgan fingerprint density at radius 2 is 1.72 bits per heavy atom. The normalized spacial score (nSPS) is 11.6. The lowest BCUT2D eigenvalue weighted by atomic mass is 10.0. The molecule has 0 saturated carbocycles. The molecule has 0 spiro atoms. The number of carbonyl (C=O) groups excluding carboxylic acids is 1. The molecule has 5 heteroatoms. The monoisotopic (exact) mass is 414 g/mol. The third kappa shape index (κ3) is 4.27. The summed E-state index contributed by atoms with van der Waals surface area (Å²) in [4.78, 5) is 12.3. The van der Waals surface area contributed by atoms with Gasteiger partial charge in [0.15, 0.2) is 0 Å². The molecule has 0 aromatic heterocycles. The van der Waals surface area contributed by atoms with Crippen molar-refractivity contribution in [1.29, 1.82) is 0 Å². The Labute approximate surface area is 159 Å². The summed E-state index contributed by atoms with van der Waals surface area (Å²) in [6.07, 6.45) is 0.269. The van der Waals surface area contributed by atoms with Crippen LogP contribution in [0.5, 0.6) is 0 Å². The second-order valence-corrected chi connectivity index (χ2v) is 6.96. The maximum atomic E-state index is 12.3. The van der Waals surface area contributed by atoms with Gasteiger partial charge in [0.05, 0.1) is 12.1 Å². The Kier molecular flexibility index (Phi) is 5.51. The van der Waals surface area contributed by atoms with Gasteiger partial charge < -0.3 is 0 Å². The van der Waals surface area contributed by atoms with Gasteiger partial charge in [-0.2, -0.15) is 5.10 Å². The van der Waals surface area contributed by atoms with Crippen LogP contribution in [0.15, 0.2) is 70.2 Å². The summed E-state index contributed by atoms with van der Waals surface area (Å²) in [6, 6.07) is 19.3. The van der Waals surface area contributed by atoms with E-state index >= 15 is 0 Å². The fourth-order valence-electron chi connectivity index (χ4n) is 2.59. The summed E-state index contributed by atoms with van der Waals surface area (Å²) in [7, 11) is 0. The number of carbonyl (C=O) groups is 1. The lowest BCUT2D eigenvalue weighted by molar-refractivity contribution is -0.120. The number of rotatable bonds is 4. The standard InChI is InChI=1S/C20H16BrClN2O/c1-13(14-6-9-16(22)10-7-14)23-24-20(25)12-15-8-11-19(21)18-5-3-2-4-17(15)18/h2-11H,12H2,1H3,(H,24,25)/b23-13+. The molecular formula is C20H16BrClN2O. The van der Waals surface area contributed by atoms with Gasteiger partial charge in [-0.25, -0.2) is 5.43 Å². The second kappa shape index (κ2) is 7.81. The number of amides is 1. The summed E-state index contributed by atoms with van der Waals surface area (Å²) < 4.78 is 1.02. The first-order valence-electron chi connectivity index (χ1n) is 7.80. The predicted octanol–water partition coefficient (Wildman–Crippen LogP) is 5.34. The molecular weight excluding hydrogens is 400 g/mol. The van der Waals surface area contributed by atoms with Crippen LogP contribution in [0.4, 0.5) is 0 Å². The van der Waals surface area contributed by atoms with Crippen LogP contribution in [-0.2, 0) is 11.2 Å². The minimum atomic E-state index is -0.152. The number of halogens is 2. The number of hydrogen-bond acceptors (Lipinski definition) is 2. The van der Waals surface area contributed by atoms with Crippen molar-refractivity contribution in [3.8, 4) is 0 Å². The van der Waals surface area contributed by atoms with Crippen LogP contribution < -0.4 is 5.43 Å². The molecule has 0 radical (unpaired) electrons. The van der Waals surface area contributed by atoms with E-state index in [4.69, 9.17) is 11.6 Å². The quantitative estimate of drug-likeness (QED) is 0.453. The Morgan fingerprint density at radius 3 is 2.44 bits per heavy atom. The molecule has 0 saturated heterocycles. The molecule has 0 aliphatic carbocycles. The van der Waals surface area contributed by atoms with Crippen LogP contribution in [0.25, 0.3) is 10.8 Å². The van der Waals surface area contributed by atoms with E-state index in [-0.39, 0.29) is 12.3 Å². The average molecular weight is 416 g/mol. The maximum absolute atomic E-state index is 12.3. The molecule has 1 amide bonds. The minimum absolute atomic E-state index is 0.152. The summed E-state index contributed by atoms with van der Waals surface area (Å²) in [5.74, 6) is -0.152. The van der Waals surface area contributed by atoms with E-state index < -0.39 is 0 Å². The molecule has 1 N–H and O–H groups in total. The van der Waals surface area contributed by atoms with Gasteiger partial charge in [-0.05, 0) is 47.0 Å². The molecule has 0 bridgehead atoms. The maximum Gasteiger partial charge on any atom is 0.244 e. The van der Waals surface area contributed by atoms with Crippen LogP contribution in [-0.4, -0.2) is 11.6 Å².